The van der Waals surface area contributed by atoms with Crippen molar-refractivity contribution in [2.45, 2.75) is 96.7 Å². The molecular weight excluding hydrogens is 604 g/mol. The van der Waals surface area contributed by atoms with Gasteiger partial charge in [0.25, 0.3) is 0 Å². The van der Waals surface area contributed by atoms with Crippen LogP contribution in [0.5, 0.6) is 11.5 Å². The van der Waals surface area contributed by atoms with Crippen molar-refractivity contribution in [3.63, 3.8) is 0 Å². The first-order chi connectivity index (χ1) is 21.3. The highest BCUT2D eigenvalue weighted by atomic mass is 19.3. The van der Waals surface area contributed by atoms with E-state index in [-0.39, 0.29) is 11.5 Å². The smallest absolute Gasteiger partial charge is 0.428 e. The third kappa shape index (κ3) is 12.1. The minimum absolute atomic E-state index is 0.302. The van der Waals surface area contributed by atoms with Gasteiger partial charge in [-0.15, -0.1) is 0 Å². The molecule has 2 aliphatic carbocycles. The zero-order chi connectivity index (χ0) is 33.0. The van der Waals surface area contributed by atoms with Crippen LogP contribution in [-0.2, 0) is 0 Å². The number of halogens is 8. The third-order valence-corrected chi connectivity index (χ3v) is 8.01. The summed E-state index contributed by atoms with van der Waals surface area (Å²) in [6.07, 6.45) is -6.38. The van der Waals surface area contributed by atoms with Crippen LogP contribution in [-0.4, -0.2) is 25.1 Å². The fourth-order valence-corrected chi connectivity index (χ4v) is 5.11. The summed E-state index contributed by atoms with van der Waals surface area (Å²) in [5.74, 6) is 14.1. The lowest BCUT2D eigenvalue weighted by Crippen LogP contribution is -2.33. The fraction of sp³-hybridized carbons (Fsp3) is 0.543. The topological polar surface area (TPSA) is 18.5 Å². The molecule has 0 N–H and O–H groups in total. The van der Waals surface area contributed by atoms with E-state index in [0.29, 0.717) is 23.0 Å². The van der Waals surface area contributed by atoms with E-state index in [1.165, 1.54) is 80.6 Å². The van der Waals surface area contributed by atoms with Gasteiger partial charge < -0.3 is 9.47 Å². The molecule has 2 fully saturated rings. The zero-order valence-corrected chi connectivity index (χ0v) is 25.3. The predicted octanol–water partition coefficient (Wildman–Crippen LogP) is 10.6. The largest absolute Gasteiger partial charge is 0.461 e. The predicted molar refractivity (Wildman–Crippen MR) is 157 cm³/mol. The molecule has 0 amide bonds. The van der Waals surface area contributed by atoms with Crippen molar-refractivity contribution < 1.29 is 44.6 Å². The number of hydrogen-bond acceptors (Lipinski definition) is 2. The monoisotopic (exact) mass is 642 g/mol. The minimum atomic E-state index is -4.48. The van der Waals surface area contributed by atoms with E-state index in [1.807, 2.05) is 0 Å². The van der Waals surface area contributed by atoms with Gasteiger partial charge in [0.1, 0.15) is 11.5 Å². The Labute approximate surface area is 259 Å². The van der Waals surface area contributed by atoms with Crippen LogP contribution < -0.4 is 9.47 Å². The van der Waals surface area contributed by atoms with Gasteiger partial charge in [0.2, 0.25) is 0 Å². The maximum absolute atomic E-state index is 12.8. The molecule has 0 radical (unpaired) electrons. The summed E-state index contributed by atoms with van der Waals surface area (Å²) in [6, 6.07) is 10.9. The second kappa shape index (κ2) is 16.8. The van der Waals surface area contributed by atoms with E-state index < -0.39 is 25.1 Å². The van der Waals surface area contributed by atoms with Gasteiger partial charge in [0.15, 0.2) is 0 Å². The van der Waals surface area contributed by atoms with Crippen molar-refractivity contribution >= 4 is 0 Å². The van der Waals surface area contributed by atoms with Crippen LogP contribution in [0.25, 0.3) is 0 Å². The summed E-state index contributed by atoms with van der Waals surface area (Å²) in [5, 5.41) is 0. The highest BCUT2D eigenvalue weighted by molar-refractivity contribution is 5.39. The van der Waals surface area contributed by atoms with Gasteiger partial charge in [0.05, 0.1) is 0 Å². The lowest BCUT2D eigenvalue weighted by molar-refractivity contribution is -0.253. The molecule has 2 nitrogen and oxygen atoms in total. The molecule has 0 atom stereocenters. The van der Waals surface area contributed by atoms with Gasteiger partial charge in [0, 0.05) is 23.0 Å². The molecule has 0 heterocycles. The number of benzene rings is 2. The molecule has 0 spiro atoms. The van der Waals surface area contributed by atoms with Crippen LogP contribution in [0.4, 0.5) is 35.1 Å². The van der Waals surface area contributed by atoms with Gasteiger partial charge in [-0.1, -0.05) is 44.0 Å². The quantitative estimate of drug-likeness (QED) is 0.221. The number of alkyl halides is 8. The van der Waals surface area contributed by atoms with Crippen molar-refractivity contribution in [1.29, 1.82) is 0 Å². The standard InChI is InChI=1S/C18H20F4O.C17H18F4O/c1-2-13-3-5-14(6-4-13)7-8-15-9-11-16(12-10-15)23-18(21,22)17(19)20;1-12-2-4-13(5-3-12)6-7-14-8-10-15(11-9-14)22-17(20,21)16(18)19/h9-14,17H,2-6H2,1H3;8-13,16H,2-5H2,1H3. The lowest BCUT2D eigenvalue weighted by atomic mass is 9.81. The second-order valence-corrected chi connectivity index (χ2v) is 11.6. The first-order valence-electron chi connectivity index (χ1n) is 15.2. The van der Waals surface area contributed by atoms with Crippen LogP contribution in [0.2, 0.25) is 0 Å². The maximum atomic E-state index is 12.8. The Morgan fingerprint density at radius 1 is 0.622 bits per heavy atom. The molecule has 4 rings (SSSR count). The Morgan fingerprint density at radius 2 is 0.978 bits per heavy atom. The third-order valence-electron chi connectivity index (χ3n) is 8.01. The van der Waals surface area contributed by atoms with Crippen LogP contribution in [0.15, 0.2) is 48.5 Å². The zero-order valence-electron chi connectivity index (χ0n) is 25.3. The molecule has 0 saturated heterocycles. The summed E-state index contributed by atoms with van der Waals surface area (Å²) in [4.78, 5) is 0. The molecule has 0 bridgehead atoms. The fourth-order valence-electron chi connectivity index (χ4n) is 5.11. The van der Waals surface area contributed by atoms with E-state index in [1.54, 1.807) is 0 Å². The summed E-state index contributed by atoms with van der Waals surface area (Å²) >= 11 is 0. The summed E-state index contributed by atoms with van der Waals surface area (Å²) in [7, 11) is 0. The average molecular weight is 643 g/mol. The number of hydrogen-bond donors (Lipinski definition) is 0. The molecule has 246 valence electrons. The molecular formula is C35H38F8O2. The minimum Gasteiger partial charge on any atom is -0.428 e. The molecule has 0 aromatic heterocycles. The van der Waals surface area contributed by atoms with E-state index >= 15 is 0 Å². The molecule has 0 aliphatic heterocycles. The van der Waals surface area contributed by atoms with E-state index in [9.17, 15) is 35.1 Å². The molecule has 0 unspecified atom stereocenters. The maximum Gasteiger partial charge on any atom is 0.461 e. The first-order valence-corrected chi connectivity index (χ1v) is 15.2. The van der Waals surface area contributed by atoms with Crippen molar-refractivity contribution in [3.8, 4) is 35.2 Å². The summed E-state index contributed by atoms with van der Waals surface area (Å²) < 4.78 is 107. The van der Waals surface area contributed by atoms with E-state index in [0.717, 1.165) is 37.5 Å². The van der Waals surface area contributed by atoms with Crippen molar-refractivity contribution in [1.82, 2.24) is 0 Å². The Kier molecular flexibility index (Phi) is 13.4. The van der Waals surface area contributed by atoms with E-state index in [2.05, 4.69) is 47.0 Å². The SMILES string of the molecule is CC1CCC(C#Cc2ccc(OC(F)(F)C(F)F)cc2)CC1.CCC1CCC(C#Cc2ccc(OC(F)(F)C(F)F)cc2)CC1. The molecule has 2 saturated carbocycles. The van der Waals surface area contributed by atoms with Gasteiger partial charge in [-0.3, -0.25) is 0 Å². The average Bonchev–Trinajstić information content (AvgIpc) is 3.01. The lowest BCUT2D eigenvalue weighted by Gasteiger charge is -2.24. The van der Waals surface area contributed by atoms with Crippen molar-refractivity contribution in [2.24, 2.45) is 23.7 Å². The highest BCUT2D eigenvalue weighted by Gasteiger charge is 2.44. The van der Waals surface area contributed by atoms with Crippen LogP contribution in [0.3, 0.4) is 0 Å². The first kappa shape index (κ1) is 36.1. The van der Waals surface area contributed by atoms with E-state index in [4.69, 9.17) is 0 Å². The highest BCUT2D eigenvalue weighted by Crippen LogP contribution is 2.31. The van der Waals surface area contributed by atoms with Crippen LogP contribution >= 0.6 is 0 Å². The molecule has 2 aromatic rings. The number of ether oxygens (including phenoxy) is 2. The Morgan fingerprint density at radius 3 is 1.31 bits per heavy atom. The van der Waals surface area contributed by atoms with Crippen LogP contribution in [0.1, 0.15) is 82.8 Å². The molecule has 45 heavy (non-hydrogen) atoms. The second-order valence-electron chi connectivity index (χ2n) is 11.6. The van der Waals surface area contributed by atoms with Gasteiger partial charge in [-0.05, 0) is 112 Å². The Hall–Kier alpha value is -3.40. The van der Waals surface area contributed by atoms with Crippen LogP contribution in [0, 0.1) is 47.4 Å². The van der Waals surface area contributed by atoms with Gasteiger partial charge >= 0.3 is 25.1 Å². The van der Waals surface area contributed by atoms with Gasteiger partial charge in [-0.25, -0.2) is 0 Å². The van der Waals surface area contributed by atoms with Gasteiger partial charge in [-0.2, -0.15) is 35.1 Å². The summed E-state index contributed by atoms with van der Waals surface area (Å²) in [6.45, 7) is 4.44. The Balaban J connectivity index is 0.000000246. The normalized spacial score (nSPS) is 21.9. The molecule has 2 aliphatic rings. The molecule has 2 aromatic carbocycles. The van der Waals surface area contributed by atoms with Crippen molar-refractivity contribution in [3.05, 3.63) is 59.7 Å². The Bertz CT molecular complexity index is 1290. The summed E-state index contributed by atoms with van der Waals surface area (Å²) in [5.41, 5.74) is 1.32. The van der Waals surface area contributed by atoms with Crippen molar-refractivity contribution in [2.75, 3.05) is 0 Å². The number of rotatable bonds is 7. The molecule has 10 heteroatoms.